The maximum Gasteiger partial charge on any atom is 0.122 e. The predicted molar refractivity (Wildman–Crippen MR) is 88.1 cm³/mol. The number of ether oxygens (including phenoxy) is 1. The van der Waals surface area contributed by atoms with E-state index in [9.17, 15) is 0 Å². The summed E-state index contributed by atoms with van der Waals surface area (Å²) in [4.78, 5) is 0. The van der Waals surface area contributed by atoms with Crippen molar-refractivity contribution in [3.63, 3.8) is 0 Å². The van der Waals surface area contributed by atoms with Gasteiger partial charge in [-0.3, -0.25) is 0 Å². The van der Waals surface area contributed by atoms with Crippen molar-refractivity contribution in [1.82, 2.24) is 5.32 Å². The number of rotatable bonds is 8. The Labute approximate surface area is 128 Å². The highest BCUT2D eigenvalue weighted by atomic mass is 35.5. The first-order valence-corrected chi connectivity index (χ1v) is 7.97. The van der Waals surface area contributed by atoms with Crippen molar-refractivity contribution < 1.29 is 4.74 Å². The monoisotopic (exact) mass is 297 g/mol. The summed E-state index contributed by atoms with van der Waals surface area (Å²) in [5.41, 5.74) is 2.26. The maximum absolute atomic E-state index is 6.28. The Bertz CT molecular complexity index is 418. The Balaban J connectivity index is 2.61. The molecule has 0 aliphatic rings. The molecule has 0 radical (unpaired) electrons. The smallest absolute Gasteiger partial charge is 0.122 e. The highest BCUT2D eigenvalue weighted by Gasteiger charge is 2.11. The van der Waals surface area contributed by atoms with Crippen molar-refractivity contribution in [2.75, 3.05) is 19.7 Å². The van der Waals surface area contributed by atoms with Gasteiger partial charge < -0.3 is 10.1 Å². The zero-order chi connectivity index (χ0) is 15.1. The molecule has 3 heteroatoms. The topological polar surface area (TPSA) is 21.3 Å². The van der Waals surface area contributed by atoms with Gasteiger partial charge >= 0.3 is 0 Å². The summed E-state index contributed by atoms with van der Waals surface area (Å²) in [6.07, 6.45) is 1.17. The zero-order valence-electron chi connectivity index (χ0n) is 13.4. The molecule has 0 saturated heterocycles. The molecule has 0 aliphatic carbocycles. The highest BCUT2D eigenvalue weighted by Crippen LogP contribution is 2.31. The lowest BCUT2D eigenvalue weighted by Gasteiger charge is -2.17. The predicted octanol–water partition coefficient (Wildman–Crippen LogP) is 4.79. The second-order valence-electron chi connectivity index (χ2n) is 5.91. The molecular weight excluding hydrogens is 270 g/mol. The largest absolute Gasteiger partial charge is 0.493 e. The van der Waals surface area contributed by atoms with Gasteiger partial charge in [0.15, 0.2) is 0 Å². The third-order valence-corrected chi connectivity index (χ3v) is 3.69. The van der Waals surface area contributed by atoms with E-state index >= 15 is 0 Å². The van der Waals surface area contributed by atoms with Crippen LogP contribution in [0.25, 0.3) is 0 Å². The van der Waals surface area contributed by atoms with Crippen LogP contribution in [0.5, 0.6) is 5.75 Å². The van der Waals surface area contributed by atoms with Crippen molar-refractivity contribution in [3.05, 3.63) is 28.3 Å². The van der Waals surface area contributed by atoms with Gasteiger partial charge in [0.25, 0.3) is 0 Å². The maximum atomic E-state index is 6.28. The molecule has 1 unspecified atom stereocenters. The lowest BCUT2D eigenvalue weighted by molar-refractivity contribution is 0.254. The summed E-state index contributed by atoms with van der Waals surface area (Å²) >= 11 is 6.28. The molecule has 1 N–H and O–H groups in total. The Hall–Kier alpha value is -0.730. The van der Waals surface area contributed by atoms with Gasteiger partial charge in [-0.05, 0) is 49.1 Å². The van der Waals surface area contributed by atoms with Gasteiger partial charge in [-0.1, -0.05) is 39.3 Å². The molecule has 0 spiro atoms. The minimum Gasteiger partial charge on any atom is -0.493 e. The van der Waals surface area contributed by atoms with Gasteiger partial charge in [-0.15, -0.1) is 0 Å². The Morgan fingerprint density at radius 1 is 1.25 bits per heavy atom. The van der Waals surface area contributed by atoms with E-state index in [2.05, 4.69) is 39.1 Å². The molecule has 0 aliphatic heterocycles. The molecule has 0 saturated carbocycles. The van der Waals surface area contributed by atoms with E-state index < -0.39 is 0 Å². The van der Waals surface area contributed by atoms with E-state index in [-0.39, 0.29) is 0 Å². The van der Waals surface area contributed by atoms with Crippen LogP contribution in [0.2, 0.25) is 5.02 Å². The molecule has 0 heterocycles. The third kappa shape index (κ3) is 5.34. The number of halogens is 1. The summed E-state index contributed by atoms with van der Waals surface area (Å²) < 4.78 is 5.98. The summed E-state index contributed by atoms with van der Waals surface area (Å²) in [6.45, 7) is 13.5. The number of benzene rings is 1. The van der Waals surface area contributed by atoms with Crippen LogP contribution in [0.15, 0.2) is 12.1 Å². The van der Waals surface area contributed by atoms with Crippen molar-refractivity contribution in [1.29, 1.82) is 0 Å². The Kier molecular flexibility index (Phi) is 7.39. The van der Waals surface area contributed by atoms with Crippen LogP contribution in [0.3, 0.4) is 0 Å². The molecule has 0 aromatic heterocycles. The van der Waals surface area contributed by atoms with Crippen LogP contribution in [-0.4, -0.2) is 19.7 Å². The van der Waals surface area contributed by atoms with Crippen LogP contribution >= 0.6 is 11.6 Å². The molecule has 20 heavy (non-hydrogen) atoms. The van der Waals surface area contributed by atoms with Crippen LogP contribution in [0.1, 0.15) is 51.2 Å². The molecule has 1 atom stereocenters. The van der Waals surface area contributed by atoms with Crippen molar-refractivity contribution in [2.24, 2.45) is 5.92 Å². The lowest BCUT2D eigenvalue weighted by atomic mass is 10.0. The molecule has 1 rings (SSSR count). The average Bonchev–Trinajstić information content (AvgIpc) is 2.37. The van der Waals surface area contributed by atoms with Gasteiger partial charge in [0.05, 0.1) is 6.61 Å². The fourth-order valence-electron chi connectivity index (χ4n) is 2.08. The number of hydrogen-bond donors (Lipinski definition) is 1. The summed E-state index contributed by atoms with van der Waals surface area (Å²) in [5.74, 6) is 1.87. The van der Waals surface area contributed by atoms with Gasteiger partial charge in [-0.25, -0.2) is 0 Å². The summed E-state index contributed by atoms with van der Waals surface area (Å²) in [6, 6.07) is 4.10. The van der Waals surface area contributed by atoms with E-state index in [4.69, 9.17) is 16.3 Å². The standard InChI is InChI=1S/C17H28ClNO/c1-6-7-19-10-13(4)11-20-17-9-15(12(2)3)16(18)8-14(17)5/h8-9,12-13,19H,6-7,10-11H2,1-5H3. The molecule has 1 aromatic carbocycles. The first kappa shape index (κ1) is 17.3. The van der Waals surface area contributed by atoms with E-state index in [1.165, 1.54) is 6.42 Å². The summed E-state index contributed by atoms with van der Waals surface area (Å²) in [5, 5.41) is 4.26. The molecule has 1 aromatic rings. The van der Waals surface area contributed by atoms with Crippen LogP contribution in [-0.2, 0) is 0 Å². The fourth-order valence-corrected chi connectivity index (χ4v) is 2.52. The quantitative estimate of drug-likeness (QED) is 0.697. The van der Waals surface area contributed by atoms with Crippen molar-refractivity contribution >= 4 is 11.6 Å². The van der Waals surface area contributed by atoms with E-state index in [1.54, 1.807) is 0 Å². The second-order valence-corrected chi connectivity index (χ2v) is 6.32. The number of aryl methyl sites for hydroxylation is 1. The van der Waals surface area contributed by atoms with Crippen LogP contribution < -0.4 is 10.1 Å². The van der Waals surface area contributed by atoms with Gasteiger partial charge in [0.2, 0.25) is 0 Å². The van der Waals surface area contributed by atoms with E-state index in [1.807, 2.05) is 13.0 Å². The lowest BCUT2D eigenvalue weighted by Crippen LogP contribution is -2.25. The minimum atomic E-state index is 0.411. The summed E-state index contributed by atoms with van der Waals surface area (Å²) in [7, 11) is 0. The first-order valence-electron chi connectivity index (χ1n) is 7.59. The molecule has 0 fully saturated rings. The fraction of sp³-hybridized carbons (Fsp3) is 0.647. The van der Waals surface area contributed by atoms with Crippen LogP contribution in [0.4, 0.5) is 0 Å². The highest BCUT2D eigenvalue weighted by molar-refractivity contribution is 6.31. The zero-order valence-corrected chi connectivity index (χ0v) is 14.2. The van der Waals surface area contributed by atoms with Crippen LogP contribution in [0, 0.1) is 12.8 Å². The van der Waals surface area contributed by atoms with E-state index in [0.717, 1.165) is 41.6 Å². The first-order chi connectivity index (χ1) is 9.45. The van der Waals surface area contributed by atoms with Crippen molar-refractivity contribution in [2.45, 2.75) is 47.0 Å². The Morgan fingerprint density at radius 2 is 1.95 bits per heavy atom. The number of nitrogens with one attached hydrogen (secondary N) is 1. The molecule has 2 nitrogen and oxygen atoms in total. The molecular formula is C17H28ClNO. The van der Waals surface area contributed by atoms with E-state index in [0.29, 0.717) is 11.8 Å². The minimum absolute atomic E-state index is 0.411. The Morgan fingerprint density at radius 3 is 2.55 bits per heavy atom. The molecule has 114 valence electrons. The normalized spacial score (nSPS) is 12.8. The van der Waals surface area contributed by atoms with Gasteiger partial charge in [-0.2, -0.15) is 0 Å². The van der Waals surface area contributed by atoms with Crippen molar-refractivity contribution in [3.8, 4) is 5.75 Å². The third-order valence-electron chi connectivity index (χ3n) is 3.36. The molecule has 0 amide bonds. The number of hydrogen-bond acceptors (Lipinski definition) is 2. The molecule has 0 bridgehead atoms. The van der Waals surface area contributed by atoms with Gasteiger partial charge in [0.1, 0.15) is 5.75 Å². The average molecular weight is 298 g/mol. The van der Waals surface area contributed by atoms with Gasteiger partial charge in [0, 0.05) is 17.5 Å². The second kappa shape index (κ2) is 8.53. The SMILES string of the molecule is CCCNCC(C)COc1cc(C(C)C)c(Cl)cc1C.